The van der Waals surface area contributed by atoms with Gasteiger partial charge in [-0.3, -0.25) is 15.0 Å². The second kappa shape index (κ2) is 9.53. The van der Waals surface area contributed by atoms with Crippen molar-refractivity contribution >= 4 is 38.9 Å². The number of rotatable bonds is 8. The lowest BCUT2D eigenvalue weighted by molar-refractivity contribution is -0.125. The van der Waals surface area contributed by atoms with Gasteiger partial charge in [-0.2, -0.15) is 0 Å². The number of carbonyl (C=O) groups is 2. The lowest BCUT2D eigenvalue weighted by Crippen LogP contribution is -2.45. The van der Waals surface area contributed by atoms with Crippen LogP contribution in [0.15, 0.2) is 77.7 Å². The van der Waals surface area contributed by atoms with Gasteiger partial charge < -0.3 is 22.1 Å². The van der Waals surface area contributed by atoms with E-state index in [9.17, 15) is 18.0 Å². The van der Waals surface area contributed by atoms with Gasteiger partial charge in [0, 0.05) is 28.8 Å². The van der Waals surface area contributed by atoms with Crippen molar-refractivity contribution in [3.05, 3.63) is 78.4 Å². The van der Waals surface area contributed by atoms with Crippen molar-refractivity contribution in [3.8, 4) is 11.1 Å². The number of hydrogen-bond acceptors (Lipinski definition) is 6. The average molecular weight is 466 g/mol. The van der Waals surface area contributed by atoms with Crippen LogP contribution in [-0.2, 0) is 19.4 Å². The third-order valence-corrected chi connectivity index (χ3v) is 5.94. The topological polar surface area (TPSA) is 168 Å². The maximum absolute atomic E-state index is 12.7. The molecule has 3 aromatic rings. The minimum Gasteiger partial charge on any atom is -0.384 e. The fourth-order valence-electron chi connectivity index (χ4n) is 3.19. The van der Waals surface area contributed by atoms with E-state index in [1.54, 1.807) is 60.7 Å². The van der Waals surface area contributed by atoms with Gasteiger partial charge in [0.15, 0.2) is 15.9 Å². The summed E-state index contributed by atoms with van der Waals surface area (Å²) in [6.07, 6.45) is 1.14. The summed E-state index contributed by atoms with van der Waals surface area (Å²) in [4.78, 5) is 24.8. The number of amides is 2. The molecule has 10 heteroatoms. The second-order valence-electron chi connectivity index (χ2n) is 7.31. The Labute approximate surface area is 191 Å². The molecule has 3 rings (SSSR count). The highest BCUT2D eigenvalue weighted by Crippen LogP contribution is 2.28. The normalized spacial score (nSPS) is 11.9. The summed E-state index contributed by atoms with van der Waals surface area (Å²) < 4.78 is 24.1. The van der Waals surface area contributed by atoms with E-state index in [1.807, 2.05) is 0 Å². The summed E-state index contributed by atoms with van der Waals surface area (Å²) in [6.45, 7) is 0. The highest BCUT2D eigenvalue weighted by molar-refractivity contribution is 7.90. The molecule has 2 amide bonds. The summed E-state index contributed by atoms with van der Waals surface area (Å²) in [6, 6.07) is 18.2. The fraction of sp³-hybridized carbons (Fsp3) is 0.0870. The molecule has 0 aromatic heterocycles. The summed E-state index contributed by atoms with van der Waals surface area (Å²) in [5.74, 6) is -1.73. The number of sulfone groups is 1. The van der Waals surface area contributed by atoms with E-state index in [1.165, 1.54) is 12.1 Å². The first-order valence-corrected chi connectivity index (χ1v) is 11.7. The number of benzene rings is 3. The number of hydrogen-bond donors (Lipinski definition) is 5. The molecule has 0 unspecified atom stereocenters. The van der Waals surface area contributed by atoms with Crippen molar-refractivity contribution in [2.75, 3.05) is 16.9 Å². The zero-order valence-corrected chi connectivity index (χ0v) is 18.5. The Morgan fingerprint density at radius 2 is 1.58 bits per heavy atom. The van der Waals surface area contributed by atoms with Crippen LogP contribution in [0.1, 0.15) is 5.56 Å². The van der Waals surface area contributed by atoms with Gasteiger partial charge in [-0.1, -0.05) is 42.5 Å². The van der Waals surface area contributed by atoms with Crippen LogP contribution >= 0.6 is 0 Å². The summed E-state index contributed by atoms with van der Waals surface area (Å²) >= 11 is 0. The molecule has 0 radical (unpaired) electrons. The van der Waals surface area contributed by atoms with Crippen LogP contribution in [0.25, 0.3) is 11.1 Å². The molecule has 0 spiro atoms. The molecule has 3 aromatic carbocycles. The van der Waals surface area contributed by atoms with Crippen LogP contribution in [0.3, 0.4) is 0 Å². The third kappa shape index (κ3) is 5.74. The molecule has 33 heavy (non-hydrogen) atoms. The molecule has 0 saturated carbocycles. The summed E-state index contributed by atoms with van der Waals surface area (Å²) in [7, 11) is -3.42. The van der Waals surface area contributed by atoms with Crippen molar-refractivity contribution in [1.29, 1.82) is 5.41 Å². The van der Waals surface area contributed by atoms with E-state index in [2.05, 4.69) is 10.6 Å². The number of nitrogens with one attached hydrogen (secondary N) is 3. The highest BCUT2D eigenvalue weighted by atomic mass is 32.2. The molecule has 170 valence electrons. The van der Waals surface area contributed by atoms with Gasteiger partial charge in [-0.25, -0.2) is 8.42 Å². The van der Waals surface area contributed by atoms with Crippen molar-refractivity contribution in [2.45, 2.75) is 10.9 Å². The van der Waals surface area contributed by atoms with Crippen molar-refractivity contribution in [2.24, 2.45) is 11.5 Å². The van der Waals surface area contributed by atoms with Gasteiger partial charge in [-0.05, 0) is 35.9 Å². The predicted octanol–water partition coefficient (Wildman–Crippen LogP) is 1.95. The molecule has 9 nitrogen and oxygen atoms in total. The smallest absolute Gasteiger partial charge is 0.256 e. The Hall–Kier alpha value is -4.18. The van der Waals surface area contributed by atoms with E-state index < -0.39 is 27.7 Å². The summed E-state index contributed by atoms with van der Waals surface area (Å²) in [5, 5.41) is 12.9. The van der Waals surface area contributed by atoms with Crippen LogP contribution < -0.4 is 22.1 Å². The highest BCUT2D eigenvalue weighted by Gasteiger charge is 2.24. The molecule has 0 fully saturated rings. The zero-order chi connectivity index (χ0) is 24.2. The number of carbonyl (C=O) groups excluding carboxylic acids is 2. The molecule has 0 aliphatic rings. The zero-order valence-electron chi connectivity index (χ0n) is 17.7. The van der Waals surface area contributed by atoms with Gasteiger partial charge in [-0.15, -0.1) is 0 Å². The van der Waals surface area contributed by atoms with Crippen LogP contribution in [0, 0.1) is 5.41 Å². The Morgan fingerprint density at radius 3 is 2.18 bits per heavy atom. The monoisotopic (exact) mass is 465 g/mol. The van der Waals surface area contributed by atoms with Crippen LogP contribution in [0.2, 0.25) is 0 Å². The van der Waals surface area contributed by atoms with Crippen molar-refractivity contribution in [3.63, 3.8) is 0 Å². The molecule has 7 N–H and O–H groups in total. The maximum Gasteiger partial charge on any atom is 0.256 e. The van der Waals surface area contributed by atoms with Crippen LogP contribution in [-0.4, -0.2) is 38.4 Å². The van der Waals surface area contributed by atoms with Crippen LogP contribution in [0.5, 0.6) is 0 Å². The first-order chi connectivity index (χ1) is 15.6. The Kier molecular flexibility index (Phi) is 6.78. The first-order valence-electron chi connectivity index (χ1n) is 9.77. The molecular formula is C23H23N5O4S. The second-order valence-corrected chi connectivity index (χ2v) is 9.29. The predicted molar refractivity (Wildman–Crippen MR) is 128 cm³/mol. The maximum atomic E-state index is 12.7. The van der Waals surface area contributed by atoms with Gasteiger partial charge in [0.2, 0.25) is 5.91 Å². The quantitative estimate of drug-likeness (QED) is 0.193. The molecule has 0 aliphatic carbocycles. The first kappa shape index (κ1) is 23.5. The Balaban J connectivity index is 1.79. The number of nitrogens with two attached hydrogens (primary N) is 2. The lowest BCUT2D eigenvalue weighted by atomic mass is 10.1. The standard InChI is InChI=1S/C23H23N5O4S/c1-33(31,32)19-8-3-2-7-18(19)14-9-11-16(12-10-14)28-23(30)20(22(26)29)27-17-6-4-5-15(13-17)21(24)25/h2-13,20,27H,1H3,(H3,24,25)(H2,26,29)(H,28,30)/t20-/m0/s1. The van der Waals surface area contributed by atoms with Gasteiger partial charge >= 0.3 is 0 Å². The van der Waals surface area contributed by atoms with Gasteiger partial charge in [0.05, 0.1) is 4.90 Å². The van der Waals surface area contributed by atoms with E-state index in [0.717, 1.165) is 6.26 Å². The van der Waals surface area contributed by atoms with Crippen LogP contribution in [0.4, 0.5) is 11.4 Å². The molecule has 0 aliphatic heterocycles. The molecule has 1 atom stereocenters. The summed E-state index contributed by atoms with van der Waals surface area (Å²) in [5.41, 5.74) is 13.3. The Morgan fingerprint density at radius 1 is 0.909 bits per heavy atom. The molecule has 0 saturated heterocycles. The lowest BCUT2D eigenvalue weighted by Gasteiger charge is -2.17. The van der Waals surface area contributed by atoms with Gasteiger partial charge in [0.25, 0.3) is 5.91 Å². The minimum absolute atomic E-state index is 0.156. The SMILES string of the molecule is CS(=O)(=O)c1ccccc1-c1ccc(NC(=O)[C@@H](Nc2cccc(C(=N)N)c2)C(N)=O)cc1. The Bertz CT molecular complexity index is 1320. The minimum atomic E-state index is -3.42. The van der Waals surface area contributed by atoms with Gasteiger partial charge in [0.1, 0.15) is 5.84 Å². The van der Waals surface area contributed by atoms with Crippen molar-refractivity contribution < 1.29 is 18.0 Å². The van der Waals surface area contributed by atoms with E-state index in [-0.39, 0.29) is 10.7 Å². The number of primary amides is 1. The van der Waals surface area contributed by atoms with E-state index >= 15 is 0 Å². The molecule has 0 bridgehead atoms. The number of amidine groups is 1. The molecule has 0 heterocycles. The van der Waals surface area contributed by atoms with E-state index in [4.69, 9.17) is 16.9 Å². The number of anilines is 2. The third-order valence-electron chi connectivity index (χ3n) is 4.78. The fourth-order valence-corrected chi connectivity index (χ4v) is 4.10. The van der Waals surface area contributed by atoms with Crippen molar-refractivity contribution in [1.82, 2.24) is 0 Å². The molecular weight excluding hydrogens is 442 g/mol. The largest absolute Gasteiger partial charge is 0.384 e. The number of nitrogen functional groups attached to an aromatic ring is 1. The average Bonchev–Trinajstić information content (AvgIpc) is 2.77. The van der Waals surface area contributed by atoms with E-state index in [0.29, 0.717) is 28.1 Å².